The van der Waals surface area contributed by atoms with Gasteiger partial charge in [-0.3, -0.25) is 14.2 Å². The lowest BCUT2D eigenvalue weighted by Crippen LogP contribution is -2.25. The largest absolute Gasteiger partial charge is 0.484 e. The minimum Gasteiger partial charge on any atom is -0.484 e. The fourth-order valence-electron chi connectivity index (χ4n) is 3.26. The zero-order chi connectivity index (χ0) is 19.7. The Labute approximate surface area is 166 Å². The first-order valence-corrected chi connectivity index (χ1v) is 9.04. The number of nitrogens with one attached hydrogen (secondary N) is 1. The van der Waals surface area contributed by atoms with E-state index in [0.29, 0.717) is 16.6 Å². The molecule has 1 aromatic heterocycles. The molecule has 0 unspecified atom stereocenters. The maximum atomic E-state index is 12.4. The average molecular weight is 397 g/mol. The van der Waals surface area contributed by atoms with Crippen LogP contribution in [-0.4, -0.2) is 28.0 Å². The Hall–Kier alpha value is -3.32. The fraction of sp³-hybridized carbons (Fsp3) is 0.150. The van der Waals surface area contributed by atoms with Crippen LogP contribution in [0.4, 0.5) is 5.82 Å². The summed E-state index contributed by atoms with van der Waals surface area (Å²) < 4.78 is 7.07. The first-order valence-electron chi connectivity index (χ1n) is 8.66. The number of carbonyl (C=O) groups is 2. The second-order valence-electron chi connectivity index (χ2n) is 6.43. The van der Waals surface area contributed by atoms with E-state index in [0.717, 1.165) is 16.9 Å². The summed E-state index contributed by atoms with van der Waals surface area (Å²) in [6, 6.07) is 14.6. The van der Waals surface area contributed by atoms with E-state index in [9.17, 15) is 9.59 Å². The van der Waals surface area contributed by atoms with Crippen LogP contribution in [0.2, 0.25) is 5.02 Å². The van der Waals surface area contributed by atoms with Crippen LogP contribution in [0.15, 0.2) is 54.9 Å². The summed E-state index contributed by atoms with van der Waals surface area (Å²) in [5.41, 5.74) is 7.52. The van der Waals surface area contributed by atoms with Gasteiger partial charge in [0, 0.05) is 12.3 Å². The van der Waals surface area contributed by atoms with E-state index in [2.05, 4.69) is 10.3 Å². The van der Waals surface area contributed by atoms with Crippen LogP contribution < -0.4 is 15.8 Å². The SMILES string of the molecule is NC(=O)COc1ccc([C@@H]2CC(=O)Nc3c2ncn3-c2ccccc2Cl)cc1. The van der Waals surface area contributed by atoms with Crippen LogP contribution in [0.1, 0.15) is 23.6 Å². The van der Waals surface area contributed by atoms with Gasteiger partial charge in [-0.1, -0.05) is 35.9 Å². The molecule has 1 aliphatic heterocycles. The number of rotatable bonds is 5. The Bertz CT molecular complexity index is 1050. The van der Waals surface area contributed by atoms with Gasteiger partial charge in [-0.2, -0.15) is 0 Å². The summed E-state index contributed by atoms with van der Waals surface area (Å²) in [5, 5.41) is 3.47. The normalized spacial score (nSPS) is 15.6. The molecule has 0 bridgehead atoms. The number of imidazole rings is 1. The molecule has 1 aliphatic rings. The molecule has 0 spiro atoms. The van der Waals surface area contributed by atoms with Crippen molar-refractivity contribution in [2.45, 2.75) is 12.3 Å². The van der Waals surface area contributed by atoms with Crippen LogP contribution in [0, 0.1) is 0 Å². The van der Waals surface area contributed by atoms with E-state index in [1.54, 1.807) is 29.1 Å². The fourth-order valence-corrected chi connectivity index (χ4v) is 3.49. The second kappa shape index (κ2) is 7.36. The van der Waals surface area contributed by atoms with Crippen molar-refractivity contribution in [3.63, 3.8) is 0 Å². The quantitative estimate of drug-likeness (QED) is 0.692. The van der Waals surface area contributed by atoms with Gasteiger partial charge in [-0.15, -0.1) is 0 Å². The number of fused-ring (bicyclic) bond motifs is 1. The Morgan fingerprint density at radius 2 is 2.00 bits per heavy atom. The number of nitrogens with zero attached hydrogens (tertiary/aromatic N) is 2. The van der Waals surface area contributed by atoms with Crippen molar-refractivity contribution in [3.8, 4) is 11.4 Å². The van der Waals surface area contributed by atoms with E-state index in [-0.39, 0.29) is 24.9 Å². The summed E-state index contributed by atoms with van der Waals surface area (Å²) in [5.74, 6) is 0.314. The number of benzene rings is 2. The number of carbonyl (C=O) groups excluding carboxylic acids is 2. The van der Waals surface area contributed by atoms with E-state index < -0.39 is 5.91 Å². The Kier molecular flexibility index (Phi) is 4.75. The Morgan fingerprint density at radius 3 is 2.71 bits per heavy atom. The van der Waals surface area contributed by atoms with Crippen molar-refractivity contribution in [2.75, 3.05) is 11.9 Å². The maximum Gasteiger partial charge on any atom is 0.255 e. The third-order valence-electron chi connectivity index (χ3n) is 4.55. The molecule has 8 heteroatoms. The molecule has 0 fully saturated rings. The smallest absolute Gasteiger partial charge is 0.255 e. The topological polar surface area (TPSA) is 99.2 Å². The second-order valence-corrected chi connectivity index (χ2v) is 6.84. The highest BCUT2D eigenvalue weighted by Gasteiger charge is 2.31. The lowest BCUT2D eigenvalue weighted by molar-refractivity contribution is -0.120. The number of nitrogens with two attached hydrogens (primary N) is 1. The predicted octanol–water partition coefficient (Wildman–Crippen LogP) is 2.86. The molecule has 2 aromatic carbocycles. The minimum absolute atomic E-state index is 0.0969. The molecule has 3 aromatic rings. The van der Waals surface area contributed by atoms with Gasteiger partial charge < -0.3 is 15.8 Å². The minimum atomic E-state index is -0.539. The highest BCUT2D eigenvalue weighted by molar-refractivity contribution is 6.32. The van der Waals surface area contributed by atoms with Gasteiger partial charge in [0.25, 0.3) is 5.91 Å². The number of para-hydroxylation sites is 1. The van der Waals surface area contributed by atoms with Gasteiger partial charge in [0.2, 0.25) is 5.91 Å². The van der Waals surface area contributed by atoms with Gasteiger partial charge in [-0.05, 0) is 29.8 Å². The number of ether oxygens (including phenoxy) is 1. The van der Waals surface area contributed by atoms with Gasteiger partial charge in [0.05, 0.1) is 16.4 Å². The number of halogens is 1. The van der Waals surface area contributed by atoms with E-state index in [4.69, 9.17) is 22.1 Å². The summed E-state index contributed by atoms with van der Waals surface area (Å²) in [4.78, 5) is 27.7. The van der Waals surface area contributed by atoms with E-state index in [1.807, 2.05) is 30.3 Å². The van der Waals surface area contributed by atoms with Crippen molar-refractivity contribution < 1.29 is 14.3 Å². The average Bonchev–Trinajstić information content (AvgIpc) is 3.10. The van der Waals surface area contributed by atoms with Crippen molar-refractivity contribution in [2.24, 2.45) is 5.73 Å². The van der Waals surface area contributed by atoms with Crippen LogP contribution in [0.3, 0.4) is 0 Å². The first kappa shape index (κ1) is 18.1. The molecule has 2 amide bonds. The van der Waals surface area contributed by atoms with Crippen molar-refractivity contribution in [1.82, 2.24) is 9.55 Å². The Morgan fingerprint density at radius 1 is 1.25 bits per heavy atom. The van der Waals surface area contributed by atoms with Gasteiger partial charge in [0.15, 0.2) is 6.61 Å². The molecule has 28 heavy (non-hydrogen) atoms. The lowest BCUT2D eigenvalue weighted by atomic mass is 9.90. The van der Waals surface area contributed by atoms with E-state index >= 15 is 0 Å². The number of anilines is 1. The summed E-state index contributed by atoms with van der Waals surface area (Å²) in [6.45, 7) is -0.183. The van der Waals surface area contributed by atoms with Gasteiger partial charge in [-0.25, -0.2) is 4.98 Å². The van der Waals surface area contributed by atoms with E-state index in [1.165, 1.54) is 0 Å². The van der Waals surface area contributed by atoms with Crippen LogP contribution >= 0.6 is 11.6 Å². The molecule has 0 aliphatic carbocycles. The summed E-state index contributed by atoms with van der Waals surface area (Å²) >= 11 is 6.31. The van der Waals surface area contributed by atoms with Crippen LogP contribution in [-0.2, 0) is 9.59 Å². The zero-order valence-electron chi connectivity index (χ0n) is 14.8. The predicted molar refractivity (Wildman–Crippen MR) is 105 cm³/mol. The molecule has 7 nitrogen and oxygen atoms in total. The third-order valence-corrected chi connectivity index (χ3v) is 4.87. The molecular weight excluding hydrogens is 380 g/mol. The van der Waals surface area contributed by atoms with Crippen molar-refractivity contribution >= 4 is 29.2 Å². The highest BCUT2D eigenvalue weighted by atomic mass is 35.5. The van der Waals surface area contributed by atoms with Gasteiger partial charge in [0.1, 0.15) is 17.9 Å². The lowest BCUT2D eigenvalue weighted by Gasteiger charge is -2.23. The summed E-state index contributed by atoms with van der Waals surface area (Å²) in [7, 11) is 0. The molecule has 0 saturated carbocycles. The molecule has 0 saturated heterocycles. The molecule has 2 heterocycles. The molecule has 142 valence electrons. The number of hydrogen-bond acceptors (Lipinski definition) is 4. The Balaban J connectivity index is 1.67. The standard InChI is InChI=1S/C20H17ClN4O3/c21-15-3-1-2-4-16(15)25-11-23-19-14(9-18(27)24-20(19)25)12-5-7-13(8-6-12)28-10-17(22)26/h1-8,11,14H,9-10H2,(H2,22,26)(H,24,27)/t14-/m0/s1. The number of hydrogen-bond donors (Lipinski definition) is 2. The first-order chi connectivity index (χ1) is 13.5. The van der Waals surface area contributed by atoms with Crippen molar-refractivity contribution in [1.29, 1.82) is 0 Å². The number of primary amides is 1. The number of aromatic nitrogens is 2. The highest BCUT2D eigenvalue weighted by Crippen LogP contribution is 2.38. The number of amides is 2. The van der Waals surface area contributed by atoms with Crippen molar-refractivity contribution in [3.05, 3.63) is 71.1 Å². The zero-order valence-corrected chi connectivity index (χ0v) is 15.5. The molecule has 4 rings (SSSR count). The molecule has 3 N–H and O–H groups in total. The maximum absolute atomic E-state index is 12.4. The third kappa shape index (κ3) is 3.44. The molecule has 0 radical (unpaired) electrons. The monoisotopic (exact) mass is 396 g/mol. The van der Waals surface area contributed by atoms with Crippen LogP contribution in [0.5, 0.6) is 5.75 Å². The molecular formula is C20H17ClN4O3. The van der Waals surface area contributed by atoms with Crippen LogP contribution in [0.25, 0.3) is 5.69 Å². The molecule has 1 atom stereocenters. The van der Waals surface area contributed by atoms with Gasteiger partial charge >= 0.3 is 0 Å². The summed E-state index contributed by atoms with van der Waals surface area (Å²) in [6.07, 6.45) is 1.95.